The summed E-state index contributed by atoms with van der Waals surface area (Å²) in [6, 6.07) is 2.99. The third-order valence-corrected chi connectivity index (χ3v) is 2.73. The molecule has 0 amide bonds. The second-order valence-corrected chi connectivity index (χ2v) is 4.13. The molecule has 6 heteroatoms. The highest BCUT2D eigenvalue weighted by Gasteiger charge is 2.20. The van der Waals surface area contributed by atoms with Crippen LogP contribution in [0, 0.1) is 5.92 Å². The summed E-state index contributed by atoms with van der Waals surface area (Å²) in [7, 11) is 2.75. The quantitative estimate of drug-likeness (QED) is 0.815. The Hall–Kier alpha value is -2.24. The third kappa shape index (κ3) is 3.37. The molecule has 1 rings (SSSR count). The number of aromatic carboxylic acids is 1. The van der Waals surface area contributed by atoms with Gasteiger partial charge in [0.05, 0.1) is 20.1 Å². The number of carbonyl (C=O) groups is 2. The van der Waals surface area contributed by atoms with Gasteiger partial charge < -0.3 is 19.7 Å². The van der Waals surface area contributed by atoms with Crippen molar-refractivity contribution >= 4 is 11.9 Å². The van der Waals surface area contributed by atoms with Crippen molar-refractivity contribution in [1.29, 1.82) is 0 Å². The van der Waals surface area contributed by atoms with Crippen molar-refractivity contribution in [3.63, 3.8) is 0 Å². The number of benzene rings is 1. The molecule has 104 valence electrons. The lowest BCUT2D eigenvalue weighted by molar-refractivity contribution is -0.141. The molecule has 0 aliphatic rings. The van der Waals surface area contributed by atoms with Crippen LogP contribution in [0.2, 0.25) is 0 Å². The lowest BCUT2D eigenvalue weighted by Gasteiger charge is -2.14. The molecule has 0 bridgehead atoms. The van der Waals surface area contributed by atoms with Gasteiger partial charge in [0.15, 0.2) is 11.5 Å². The van der Waals surface area contributed by atoms with Gasteiger partial charge in [0.2, 0.25) is 0 Å². The molecule has 2 N–H and O–H groups in total. The second kappa shape index (κ2) is 6.08. The van der Waals surface area contributed by atoms with E-state index in [4.69, 9.17) is 19.7 Å². The Morgan fingerprint density at radius 1 is 1.21 bits per heavy atom. The van der Waals surface area contributed by atoms with Crippen LogP contribution in [-0.2, 0) is 11.2 Å². The van der Waals surface area contributed by atoms with Crippen molar-refractivity contribution < 1.29 is 29.3 Å². The maximum absolute atomic E-state index is 11.2. The van der Waals surface area contributed by atoms with Gasteiger partial charge in [0.25, 0.3) is 0 Å². The van der Waals surface area contributed by atoms with Crippen LogP contribution in [0.25, 0.3) is 0 Å². The van der Waals surface area contributed by atoms with Crippen molar-refractivity contribution in [3.8, 4) is 11.5 Å². The van der Waals surface area contributed by atoms with E-state index in [-0.39, 0.29) is 23.5 Å². The second-order valence-electron chi connectivity index (χ2n) is 4.13. The van der Waals surface area contributed by atoms with E-state index in [0.29, 0.717) is 5.56 Å². The van der Waals surface area contributed by atoms with Crippen LogP contribution < -0.4 is 9.47 Å². The first-order valence-electron chi connectivity index (χ1n) is 5.61. The molecule has 0 aliphatic heterocycles. The number of carboxylic acids is 2. The van der Waals surface area contributed by atoms with E-state index < -0.39 is 17.9 Å². The molecule has 0 spiro atoms. The Morgan fingerprint density at radius 3 is 2.26 bits per heavy atom. The minimum absolute atomic E-state index is 0.0468. The average Bonchev–Trinajstić information content (AvgIpc) is 2.37. The Bertz CT molecular complexity index is 494. The van der Waals surface area contributed by atoms with E-state index in [0.717, 1.165) is 0 Å². The number of hydrogen-bond donors (Lipinski definition) is 2. The molecule has 1 atom stereocenters. The molecule has 0 aliphatic carbocycles. The van der Waals surface area contributed by atoms with Gasteiger partial charge in [0, 0.05) is 0 Å². The van der Waals surface area contributed by atoms with Gasteiger partial charge in [-0.2, -0.15) is 0 Å². The normalized spacial score (nSPS) is 11.7. The maximum Gasteiger partial charge on any atom is 0.339 e. The van der Waals surface area contributed by atoms with Crippen LogP contribution in [0.4, 0.5) is 0 Å². The predicted molar refractivity (Wildman–Crippen MR) is 67.0 cm³/mol. The molecule has 0 fully saturated rings. The number of carboxylic acid groups (broad SMARTS) is 2. The molecular formula is C13H16O6. The van der Waals surface area contributed by atoms with E-state index in [1.165, 1.54) is 20.3 Å². The zero-order chi connectivity index (χ0) is 14.6. The largest absolute Gasteiger partial charge is 0.493 e. The smallest absolute Gasteiger partial charge is 0.339 e. The summed E-state index contributed by atoms with van der Waals surface area (Å²) >= 11 is 0. The predicted octanol–water partition coefficient (Wildman–Crippen LogP) is 1.67. The Balaban J connectivity index is 3.24. The summed E-state index contributed by atoms with van der Waals surface area (Å²) in [5.41, 5.74) is 0.527. The lowest BCUT2D eigenvalue weighted by Crippen LogP contribution is -2.13. The first kappa shape index (κ1) is 14.8. The maximum atomic E-state index is 11.2. The summed E-state index contributed by atoms with van der Waals surface area (Å²) in [4.78, 5) is 22.0. The summed E-state index contributed by atoms with van der Waals surface area (Å²) in [6.45, 7) is 1.56. The highest BCUT2D eigenvalue weighted by molar-refractivity contribution is 5.92. The molecule has 1 aromatic carbocycles. The Morgan fingerprint density at radius 2 is 1.84 bits per heavy atom. The van der Waals surface area contributed by atoms with Crippen molar-refractivity contribution in [2.45, 2.75) is 13.3 Å². The number of hydrogen-bond acceptors (Lipinski definition) is 4. The molecule has 6 nitrogen and oxygen atoms in total. The molecular weight excluding hydrogens is 252 g/mol. The highest BCUT2D eigenvalue weighted by Crippen LogP contribution is 2.33. The van der Waals surface area contributed by atoms with E-state index in [1.54, 1.807) is 13.0 Å². The van der Waals surface area contributed by atoms with Gasteiger partial charge in [-0.15, -0.1) is 0 Å². The summed E-state index contributed by atoms with van der Waals surface area (Å²) in [5.74, 6) is -2.30. The van der Waals surface area contributed by atoms with Crippen LogP contribution in [0.5, 0.6) is 11.5 Å². The molecule has 0 saturated carbocycles. The molecule has 0 heterocycles. The lowest BCUT2D eigenvalue weighted by atomic mass is 9.98. The van der Waals surface area contributed by atoms with E-state index in [1.807, 2.05) is 0 Å². The van der Waals surface area contributed by atoms with Crippen molar-refractivity contribution in [2.75, 3.05) is 14.2 Å². The Kier molecular flexibility index (Phi) is 4.74. The van der Waals surface area contributed by atoms with Crippen LogP contribution in [0.15, 0.2) is 12.1 Å². The monoisotopic (exact) mass is 268 g/mol. The van der Waals surface area contributed by atoms with Crippen molar-refractivity contribution in [2.24, 2.45) is 5.92 Å². The molecule has 1 aromatic rings. The topological polar surface area (TPSA) is 93.1 Å². The van der Waals surface area contributed by atoms with Crippen molar-refractivity contribution in [3.05, 3.63) is 23.3 Å². The fraction of sp³-hybridized carbons (Fsp3) is 0.385. The van der Waals surface area contributed by atoms with E-state index in [9.17, 15) is 9.59 Å². The molecule has 0 radical (unpaired) electrons. The first-order valence-corrected chi connectivity index (χ1v) is 5.61. The average molecular weight is 268 g/mol. The number of aliphatic carboxylic acids is 1. The van der Waals surface area contributed by atoms with Crippen LogP contribution in [0.1, 0.15) is 22.8 Å². The van der Waals surface area contributed by atoms with Gasteiger partial charge in [-0.1, -0.05) is 6.92 Å². The first-order chi connectivity index (χ1) is 8.90. The molecule has 0 aromatic heterocycles. The number of ether oxygens (including phenoxy) is 2. The molecule has 19 heavy (non-hydrogen) atoms. The van der Waals surface area contributed by atoms with Gasteiger partial charge in [-0.25, -0.2) is 4.79 Å². The van der Waals surface area contributed by atoms with Crippen LogP contribution >= 0.6 is 0 Å². The SMILES string of the molecule is COc1cc(CC(C)C(=O)O)cc(C(=O)O)c1OC. The molecule has 0 saturated heterocycles. The van der Waals surface area contributed by atoms with Crippen LogP contribution in [0.3, 0.4) is 0 Å². The van der Waals surface area contributed by atoms with Gasteiger partial charge >= 0.3 is 11.9 Å². The third-order valence-electron chi connectivity index (χ3n) is 2.73. The zero-order valence-electron chi connectivity index (χ0n) is 11.0. The minimum atomic E-state index is -1.15. The van der Waals surface area contributed by atoms with Gasteiger partial charge in [-0.05, 0) is 24.1 Å². The van der Waals surface area contributed by atoms with Crippen LogP contribution in [-0.4, -0.2) is 36.4 Å². The number of rotatable bonds is 6. The van der Waals surface area contributed by atoms with E-state index >= 15 is 0 Å². The highest BCUT2D eigenvalue weighted by atomic mass is 16.5. The fourth-order valence-corrected chi connectivity index (χ4v) is 1.74. The fourth-order valence-electron chi connectivity index (χ4n) is 1.74. The zero-order valence-corrected chi connectivity index (χ0v) is 11.0. The minimum Gasteiger partial charge on any atom is -0.493 e. The van der Waals surface area contributed by atoms with Crippen molar-refractivity contribution in [1.82, 2.24) is 0 Å². The van der Waals surface area contributed by atoms with Gasteiger partial charge in [-0.3, -0.25) is 4.79 Å². The summed E-state index contributed by atoms with van der Waals surface area (Å²) in [5, 5.41) is 18.0. The standard InChI is InChI=1S/C13H16O6/c1-7(12(14)15)4-8-5-9(13(16)17)11(19-3)10(6-8)18-2/h5-7H,4H2,1-3H3,(H,14,15)(H,16,17). The Labute approximate surface area is 110 Å². The van der Waals surface area contributed by atoms with Gasteiger partial charge in [0.1, 0.15) is 5.56 Å². The number of methoxy groups -OCH3 is 2. The summed E-state index contributed by atoms with van der Waals surface area (Å²) in [6.07, 6.45) is 0.218. The van der Waals surface area contributed by atoms with E-state index in [2.05, 4.69) is 0 Å². The molecule has 1 unspecified atom stereocenters. The summed E-state index contributed by atoms with van der Waals surface area (Å²) < 4.78 is 10.1.